The molecule has 3 aromatic carbocycles. The summed E-state index contributed by atoms with van der Waals surface area (Å²) < 4.78 is 37.7. The molecule has 1 saturated heterocycles. The number of nitrogens with one attached hydrogen (secondary N) is 2. The second-order valence-electron chi connectivity index (χ2n) is 10.1. The third-order valence-electron chi connectivity index (χ3n) is 6.86. The Morgan fingerprint density at radius 2 is 1.82 bits per heavy atom. The average Bonchev–Trinajstić information content (AvgIpc) is 3.02. The Kier molecular flexibility index (Phi) is 10.2. The molecule has 3 amide bonds. The number of carbonyl (C=O) groups is 2. The van der Waals surface area contributed by atoms with Crippen LogP contribution in [-0.4, -0.2) is 79.6 Å². The first-order chi connectivity index (χ1) is 21.4. The number of aliphatic hydroxyl groups excluding tert-OH is 1. The molecule has 1 aliphatic heterocycles. The number of halogens is 1. The molecule has 2 heterocycles. The lowest BCUT2D eigenvalue weighted by atomic mass is 10.1. The summed E-state index contributed by atoms with van der Waals surface area (Å²) >= 11 is 0. The van der Waals surface area contributed by atoms with E-state index >= 15 is 4.39 Å². The third kappa shape index (κ3) is 8.19. The second-order valence-corrected chi connectivity index (χ2v) is 10.1. The summed E-state index contributed by atoms with van der Waals surface area (Å²) in [5.41, 5.74) is 1.41. The molecule has 11 nitrogen and oxygen atoms in total. The molecular weight excluding hydrogens is 571 g/mol. The van der Waals surface area contributed by atoms with Crippen molar-refractivity contribution in [3.8, 4) is 23.0 Å². The molecule has 0 bridgehead atoms. The standard InChI is InChI=1S/C32H33FN4O7/c1-41-29-17-24-26(18-30(29)43-20-23(38)19-37-11-13-42-14-12-37)34-10-9-27(24)44-28-8-7-22(16-25(28)33)35-32(40)36-31(39)15-21-5-3-2-4-6-21/h2-10,16-18,23,38H,11-15,19-20H2,1H3,(H2,35,36,39,40). The van der Waals surface area contributed by atoms with Gasteiger partial charge in [0, 0.05) is 49.0 Å². The van der Waals surface area contributed by atoms with Gasteiger partial charge < -0.3 is 29.4 Å². The number of β-amino-alcohol motifs (C(OH)–C–C–N with tert-alkyl or cyclic N) is 1. The number of benzene rings is 3. The number of rotatable bonds is 11. The Labute approximate surface area is 253 Å². The van der Waals surface area contributed by atoms with Crippen LogP contribution in [0.4, 0.5) is 14.9 Å². The van der Waals surface area contributed by atoms with Gasteiger partial charge >= 0.3 is 6.03 Å². The Morgan fingerprint density at radius 3 is 2.57 bits per heavy atom. The molecule has 5 rings (SSSR count). The predicted octanol–water partition coefficient (Wildman–Crippen LogP) is 4.14. The summed E-state index contributed by atoms with van der Waals surface area (Å²) in [6.45, 7) is 3.32. The molecule has 230 valence electrons. The number of urea groups is 1. The lowest BCUT2D eigenvalue weighted by molar-refractivity contribution is -0.119. The third-order valence-corrected chi connectivity index (χ3v) is 6.86. The van der Waals surface area contributed by atoms with E-state index in [0.29, 0.717) is 47.9 Å². The molecule has 3 N–H and O–H groups in total. The van der Waals surface area contributed by atoms with Gasteiger partial charge in [-0.15, -0.1) is 0 Å². The number of aliphatic hydroxyl groups is 1. The number of ether oxygens (including phenoxy) is 4. The van der Waals surface area contributed by atoms with Crippen molar-refractivity contribution in [2.75, 3.05) is 51.9 Å². The number of pyridine rings is 1. The van der Waals surface area contributed by atoms with E-state index in [0.717, 1.165) is 24.7 Å². The van der Waals surface area contributed by atoms with E-state index in [1.165, 1.54) is 25.4 Å². The quantitative estimate of drug-likeness (QED) is 0.231. The lowest BCUT2D eigenvalue weighted by Gasteiger charge is -2.28. The summed E-state index contributed by atoms with van der Waals surface area (Å²) in [5.74, 6) is -0.212. The van der Waals surface area contributed by atoms with E-state index in [1.807, 2.05) is 6.07 Å². The minimum Gasteiger partial charge on any atom is -0.493 e. The number of morpholine rings is 1. The zero-order valence-corrected chi connectivity index (χ0v) is 24.1. The number of fused-ring (bicyclic) bond motifs is 1. The van der Waals surface area contributed by atoms with Crippen LogP contribution < -0.4 is 24.8 Å². The molecule has 1 unspecified atom stereocenters. The van der Waals surface area contributed by atoms with Gasteiger partial charge in [0.2, 0.25) is 5.91 Å². The van der Waals surface area contributed by atoms with Crippen LogP contribution in [0.1, 0.15) is 5.56 Å². The number of anilines is 1. The maximum absolute atomic E-state index is 15.0. The van der Waals surface area contributed by atoms with Gasteiger partial charge in [0.1, 0.15) is 18.5 Å². The zero-order valence-electron chi connectivity index (χ0n) is 24.1. The van der Waals surface area contributed by atoms with Gasteiger partial charge in [-0.25, -0.2) is 9.18 Å². The smallest absolute Gasteiger partial charge is 0.325 e. The Morgan fingerprint density at radius 1 is 1.02 bits per heavy atom. The maximum Gasteiger partial charge on any atom is 0.325 e. The highest BCUT2D eigenvalue weighted by Gasteiger charge is 2.18. The number of hydrogen-bond acceptors (Lipinski definition) is 9. The number of hydrogen-bond donors (Lipinski definition) is 3. The maximum atomic E-state index is 15.0. The molecule has 44 heavy (non-hydrogen) atoms. The Balaban J connectivity index is 1.22. The summed E-state index contributed by atoms with van der Waals surface area (Å²) in [6.07, 6.45) is 0.841. The first-order valence-corrected chi connectivity index (χ1v) is 14.1. The summed E-state index contributed by atoms with van der Waals surface area (Å²) in [7, 11) is 1.49. The number of methoxy groups -OCH3 is 1. The highest BCUT2D eigenvalue weighted by molar-refractivity contribution is 6.01. The van der Waals surface area contributed by atoms with E-state index in [1.54, 1.807) is 42.5 Å². The van der Waals surface area contributed by atoms with Gasteiger partial charge in [0.15, 0.2) is 23.1 Å². The van der Waals surface area contributed by atoms with Crippen LogP contribution in [0.5, 0.6) is 23.0 Å². The Bertz CT molecular complexity index is 1600. The van der Waals surface area contributed by atoms with Crippen LogP contribution in [0.15, 0.2) is 72.9 Å². The molecule has 1 aliphatic rings. The van der Waals surface area contributed by atoms with Gasteiger partial charge in [-0.05, 0) is 29.8 Å². The fourth-order valence-electron chi connectivity index (χ4n) is 4.70. The van der Waals surface area contributed by atoms with Crippen molar-refractivity contribution in [2.24, 2.45) is 0 Å². The van der Waals surface area contributed by atoms with E-state index in [4.69, 9.17) is 18.9 Å². The van der Waals surface area contributed by atoms with E-state index in [9.17, 15) is 14.7 Å². The molecule has 0 spiro atoms. The molecule has 12 heteroatoms. The first-order valence-electron chi connectivity index (χ1n) is 14.1. The van der Waals surface area contributed by atoms with Crippen LogP contribution in [0.25, 0.3) is 10.9 Å². The van der Waals surface area contributed by atoms with Gasteiger partial charge in [0.25, 0.3) is 0 Å². The highest BCUT2D eigenvalue weighted by Crippen LogP contribution is 2.38. The van der Waals surface area contributed by atoms with E-state index in [2.05, 4.69) is 20.5 Å². The fourth-order valence-corrected chi connectivity index (χ4v) is 4.70. The average molecular weight is 605 g/mol. The Hall–Kier alpha value is -4.78. The van der Waals surface area contributed by atoms with Crippen molar-refractivity contribution in [2.45, 2.75) is 12.5 Å². The molecule has 1 atom stereocenters. The molecule has 0 aliphatic carbocycles. The number of amides is 3. The first kappa shape index (κ1) is 30.7. The monoisotopic (exact) mass is 604 g/mol. The normalized spacial score (nSPS) is 14.1. The van der Waals surface area contributed by atoms with Crippen LogP contribution in [0.2, 0.25) is 0 Å². The van der Waals surface area contributed by atoms with Crippen LogP contribution in [0.3, 0.4) is 0 Å². The lowest BCUT2D eigenvalue weighted by Crippen LogP contribution is -2.42. The number of nitrogens with zero attached hydrogens (tertiary/aromatic N) is 2. The number of aromatic nitrogens is 1. The minimum absolute atomic E-state index is 0.0323. The number of imide groups is 1. The van der Waals surface area contributed by atoms with Gasteiger partial charge in [-0.1, -0.05) is 30.3 Å². The molecule has 4 aromatic rings. The predicted molar refractivity (Wildman–Crippen MR) is 161 cm³/mol. The van der Waals surface area contributed by atoms with Crippen molar-refractivity contribution in [1.29, 1.82) is 0 Å². The van der Waals surface area contributed by atoms with E-state index < -0.39 is 23.9 Å². The summed E-state index contributed by atoms with van der Waals surface area (Å²) in [5, 5.41) is 15.7. The second kappa shape index (κ2) is 14.6. The minimum atomic E-state index is -0.780. The topological polar surface area (TPSA) is 131 Å². The highest BCUT2D eigenvalue weighted by atomic mass is 19.1. The molecule has 0 radical (unpaired) electrons. The van der Waals surface area contributed by atoms with Crippen molar-refractivity contribution in [3.63, 3.8) is 0 Å². The van der Waals surface area contributed by atoms with Gasteiger partial charge in [-0.3, -0.25) is 20.0 Å². The van der Waals surface area contributed by atoms with Gasteiger partial charge in [-0.2, -0.15) is 0 Å². The van der Waals surface area contributed by atoms with E-state index in [-0.39, 0.29) is 24.5 Å². The van der Waals surface area contributed by atoms with Crippen LogP contribution in [-0.2, 0) is 16.0 Å². The largest absolute Gasteiger partial charge is 0.493 e. The summed E-state index contributed by atoms with van der Waals surface area (Å²) in [4.78, 5) is 30.9. The molecule has 0 saturated carbocycles. The van der Waals surface area contributed by atoms with Crippen LogP contribution >= 0.6 is 0 Å². The molecule has 1 fully saturated rings. The molecular formula is C32H33FN4O7. The summed E-state index contributed by atoms with van der Waals surface area (Å²) in [6, 6.07) is 17.1. The van der Waals surface area contributed by atoms with Crippen LogP contribution in [0, 0.1) is 5.82 Å². The van der Waals surface area contributed by atoms with Crippen molar-refractivity contribution >= 4 is 28.5 Å². The fraction of sp³-hybridized carbons (Fsp3) is 0.281. The number of carbonyl (C=O) groups excluding carboxylic acids is 2. The molecule has 1 aromatic heterocycles. The SMILES string of the molecule is COc1cc2c(Oc3ccc(NC(=O)NC(=O)Cc4ccccc4)cc3F)ccnc2cc1OCC(O)CN1CCOCC1. The zero-order chi connectivity index (χ0) is 30.9. The van der Waals surface area contributed by atoms with Crippen molar-refractivity contribution in [1.82, 2.24) is 15.2 Å². The van der Waals surface area contributed by atoms with Crippen molar-refractivity contribution in [3.05, 3.63) is 84.3 Å². The van der Waals surface area contributed by atoms with Gasteiger partial charge in [0.05, 0.1) is 32.3 Å². The van der Waals surface area contributed by atoms with Crippen molar-refractivity contribution < 1.29 is 38.0 Å².